The molecule has 0 heterocycles. The summed E-state index contributed by atoms with van der Waals surface area (Å²) in [6.07, 6.45) is 3.07. The number of hydrogen-bond donors (Lipinski definition) is 1. The van der Waals surface area contributed by atoms with E-state index in [0.29, 0.717) is 6.42 Å². The minimum absolute atomic E-state index is 0.138. The van der Waals surface area contributed by atoms with Crippen LogP contribution < -0.4 is 5.73 Å². The first kappa shape index (κ1) is 12.8. The predicted octanol–water partition coefficient (Wildman–Crippen LogP) is 2.67. The van der Waals surface area contributed by atoms with Crippen molar-refractivity contribution < 1.29 is 9.53 Å². The lowest BCUT2D eigenvalue weighted by molar-refractivity contribution is 0.150. The van der Waals surface area contributed by atoms with Crippen LogP contribution in [0.5, 0.6) is 0 Å². The van der Waals surface area contributed by atoms with Crippen molar-refractivity contribution in [2.45, 2.75) is 38.3 Å². The van der Waals surface area contributed by atoms with Crippen LogP contribution in [0.15, 0.2) is 35.3 Å². The van der Waals surface area contributed by atoms with E-state index in [4.69, 9.17) is 10.5 Å². The molecule has 1 aliphatic carbocycles. The first-order valence-corrected chi connectivity index (χ1v) is 6.27. The molecule has 1 aliphatic rings. The summed E-state index contributed by atoms with van der Waals surface area (Å²) in [5.41, 5.74) is 7.66. The Balaban J connectivity index is 1.83. The Hall–Kier alpha value is -1.68. The van der Waals surface area contributed by atoms with E-state index in [9.17, 15) is 4.79 Å². The molecule has 1 aromatic carbocycles. The summed E-state index contributed by atoms with van der Waals surface area (Å²) in [5.74, 6) is 0. The fourth-order valence-corrected chi connectivity index (χ4v) is 2.06. The van der Waals surface area contributed by atoms with E-state index in [0.717, 1.165) is 30.5 Å². The summed E-state index contributed by atoms with van der Waals surface area (Å²) in [6.45, 7) is 0.266. The molecular weight excluding hydrogens is 228 g/mol. The van der Waals surface area contributed by atoms with Crippen LogP contribution in [0.2, 0.25) is 0 Å². The molecule has 18 heavy (non-hydrogen) atoms. The van der Waals surface area contributed by atoms with Gasteiger partial charge in [-0.15, -0.1) is 0 Å². The van der Waals surface area contributed by atoms with E-state index >= 15 is 0 Å². The number of hydrogen-bond acceptors (Lipinski definition) is 3. The van der Waals surface area contributed by atoms with Gasteiger partial charge in [-0.25, -0.2) is 4.79 Å². The van der Waals surface area contributed by atoms with Crippen molar-refractivity contribution in [2.24, 2.45) is 10.7 Å². The van der Waals surface area contributed by atoms with Crippen LogP contribution in [0.1, 0.15) is 31.2 Å². The molecule has 0 spiro atoms. The molecule has 1 fully saturated rings. The van der Waals surface area contributed by atoms with Gasteiger partial charge in [-0.3, -0.25) is 0 Å². The van der Waals surface area contributed by atoms with E-state index < -0.39 is 6.09 Å². The van der Waals surface area contributed by atoms with Gasteiger partial charge in [0.1, 0.15) is 6.61 Å². The molecule has 0 unspecified atom stereocenters. The van der Waals surface area contributed by atoms with E-state index in [-0.39, 0.29) is 12.6 Å². The Morgan fingerprint density at radius 3 is 2.89 bits per heavy atom. The van der Waals surface area contributed by atoms with Crippen molar-refractivity contribution in [3.8, 4) is 0 Å². The van der Waals surface area contributed by atoms with Crippen LogP contribution in [0.4, 0.5) is 4.79 Å². The molecule has 0 radical (unpaired) electrons. The molecule has 1 saturated carbocycles. The topological polar surface area (TPSA) is 64.7 Å². The smallest absolute Gasteiger partial charge is 0.433 e. The van der Waals surface area contributed by atoms with Crippen molar-refractivity contribution >= 4 is 11.8 Å². The summed E-state index contributed by atoms with van der Waals surface area (Å²) >= 11 is 0. The molecule has 4 nitrogen and oxygen atoms in total. The van der Waals surface area contributed by atoms with Gasteiger partial charge in [-0.1, -0.05) is 30.3 Å². The van der Waals surface area contributed by atoms with Crippen molar-refractivity contribution in [1.29, 1.82) is 0 Å². The second kappa shape index (κ2) is 6.31. The summed E-state index contributed by atoms with van der Waals surface area (Å²) in [4.78, 5) is 15.5. The van der Waals surface area contributed by atoms with Gasteiger partial charge in [0.15, 0.2) is 0 Å². The minimum atomic E-state index is -0.511. The molecule has 96 valence electrons. The Bertz CT molecular complexity index is 429. The van der Waals surface area contributed by atoms with Gasteiger partial charge in [-0.05, 0) is 24.8 Å². The van der Waals surface area contributed by atoms with Crippen molar-refractivity contribution in [1.82, 2.24) is 0 Å². The molecule has 1 atom stereocenters. The average molecular weight is 246 g/mol. The number of nitrogens with zero attached hydrogens (tertiary/aromatic N) is 1. The summed E-state index contributed by atoms with van der Waals surface area (Å²) in [7, 11) is 0. The highest BCUT2D eigenvalue weighted by atomic mass is 16.5. The van der Waals surface area contributed by atoms with E-state index in [1.54, 1.807) is 0 Å². The lowest BCUT2D eigenvalue weighted by atomic mass is 9.94. The Kier molecular flexibility index (Phi) is 4.47. The number of carbonyl (C=O) groups is 1. The number of nitrogens with two attached hydrogens (primary N) is 1. The number of ether oxygens (including phenoxy) is 1. The van der Waals surface area contributed by atoms with E-state index in [2.05, 4.69) is 4.99 Å². The highest BCUT2D eigenvalue weighted by molar-refractivity contribution is 5.94. The van der Waals surface area contributed by atoms with Crippen LogP contribution in [0, 0.1) is 0 Å². The van der Waals surface area contributed by atoms with Crippen LogP contribution in [0.3, 0.4) is 0 Å². The van der Waals surface area contributed by atoms with Gasteiger partial charge in [-0.2, -0.15) is 4.99 Å². The molecule has 1 aromatic rings. The molecule has 2 rings (SSSR count). The maximum atomic E-state index is 11.5. The van der Waals surface area contributed by atoms with Gasteiger partial charge in [0.2, 0.25) is 0 Å². The molecule has 0 saturated heterocycles. The third-order valence-electron chi connectivity index (χ3n) is 2.99. The van der Waals surface area contributed by atoms with Gasteiger partial charge in [0.05, 0.1) is 0 Å². The second-order valence-electron chi connectivity index (χ2n) is 4.57. The zero-order chi connectivity index (χ0) is 12.8. The zero-order valence-corrected chi connectivity index (χ0v) is 10.3. The maximum absolute atomic E-state index is 11.5. The number of benzene rings is 1. The highest BCUT2D eigenvalue weighted by Crippen LogP contribution is 2.14. The lowest BCUT2D eigenvalue weighted by Gasteiger charge is -2.18. The van der Waals surface area contributed by atoms with Gasteiger partial charge >= 0.3 is 6.09 Å². The zero-order valence-electron chi connectivity index (χ0n) is 10.3. The summed E-state index contributed by atoms with van der Waals surface area (Å²) in [6, 6.07) is 9.72. The van der Waals surface area contributed by atoms with Crippen LogP contribution in [-0.2, 0) is 11.3 Å². The fraction of sp³-hybridized carbons (Fsp3) is 0.429. The molecule has 1 amide bonds. The third-order valence-corrected chi connectivity index (χ3v) is 2.99. The lowest BCUT2D eigenvalue weighted by Crippen LogP contribution is -2.28. The van der Waals surface area contributed by atoms with Gasteiger partial charge in [0.25, 0.3) is 0 Å². The first-order valence-electron chi connectivity index (χ1n) is 6.27. The molecule has 4 heteroatoms. The quantitative estimate of drug-likeness (QED) is 0.872. The predicted molar refractivity (Wildman–Crippen MR) is 70.5 cm³/mol. The van der Waals surface area contributed by atoms with Gasteiger partial charge in [0, 0.05) is 18.2 Å². The summed E-state index contributed by atoms with van der Waals surface area (Å²) < 4.78 is 5.10. The Morgan fingerprint density at radius 2 is 2.17 bits per heavy atom. The first-order chi connectivity index (χ1) is 8.74. The van der Waals surface area contributed by atoms with Crippen molar-refractivity contribution in [3.63, 3.8) is 0 Å². The standard InChI is InChI=1S/C14H18N2O2/c15-12-7-4-8-13(9-12)16-14(17)18-10-11-5-2-1-3-6-11/h1-3,5-6,12H,4,7-10,15H2/b16-13+/t12-/m1/s1. The normalized spacial score (nSPS) is 21.8. The van der Waals surface area contributed by atoms with Crippen LogP contribution in [-0.4, -0.2) is 17.8 Å². The summed E-state index contributed by atoms with van der Waals surface area (Å²) in [5, 5.41) is 0. The Morgan fingerprint density at radius 1 is 1.39 bits per heavy atom. The molecular formula is C14H18N2O2. The van der Waals surface area contributed by atoms with Crippen molar-refractivity contribution in [2.75, 3.05) is 0 Å². The largest absolute Gasteiger partial charge is 0.443 e. The van der Waals surface area contributed by atoms with Crippen molar-refractivity contribution in [3.05, 3.63) is 35.9 Å². The van der Waals surface area contributed by atoms with E-state index in [1.165, 1.54) is 0 Å². The molecule has 0 aliphatic heterocycles. The average Bonchev–Trinajstić information content (AvgIpc) is 2.38. The Labute approximate surface area is 107 Å². The molecule has 0 bridgehead atoms. The molecule has 2 N–H and O–H groups in total. The van der Waals surface area contributed by atoms with E-state index in [1.807, 2.05) is 30.3 Å². The molecule has 0 aromatic heterocycles. The number of aliphatic imine (C=N–C) groups is 1. The number of rotatable bonds is 2. The third kappa shape index (κ3) is 3.96. The van der Waals surface area contributed by atoms with Crippen LogP contribution >= 0.6 is 0 Å². The fourth-order valence-electron chi connectivity index (χ4n) is 2.06. The highest BCUT2D eigenvalue weighted by Gasteiger charge is 2.15. The maximum Gasteiger partial charge on any atom is 0.433 e. The number of carbonyl (C=O) groups excluding carboxylic acids is 1. The number of amides is 1. The SMILES string of the molecule is N[C@@H]1CCC/C(=N\C(=O)OCc2ccccc2)C1. The monoisotopic (exact) mass is 246 g/mol. The van der Waals surface area contributed by atoms with Gasteiger partial charge < -0.3 is 10.5 Å². The van der Waals surface area contributed by atoms with Crippen LogP contribution in [0.25, 0.3) is 0 Å². The minimum Gasteiger partial charge on any atom is -0.443 e. The second-order valence-corrected chi connectivity index (χ2v) is 4.57.